The third-order valence-electron chi connectivity index (χ3n) is 9.27. The Labute approximate surface area is 279 Å². The smallest absolute Gasteiger partial charge is 0.143 e. The molecule has 0 amide bonds. The van der Waals surface area contributed by atoms with Gasteiger partial charge in [-0.1, -0.05) is 158 Å². The van der Waals surface area contributed by atoms with Gasteiger partial charge < -0.3 is 9.32 Å². The first-order valence-electron chi connectivity index (χ1n) is 16.4. The monoisotopic (exact) mass is 613 g/mol. The van der Waals surface area contributed by atoms with Crippen molar-refractivity contribution in [1.29, 1.82) is 0 Å². The molecule has 0 radical (unpaired) electrons. The molecule has 0 aliphatic heterocycles. The van der Waals surface area contributed by atoms with E-state index in [0.29, 0.717) is 0 Å². The van der Waals surface area contributed by atoms with E-state index in [1.807, 2.05) is 0 Å². The Balaban J connectivity index is 1.31. The van der Waals surface area contributed by atoms with Gasteiger partial charge in [0.1, 0.15) is 11.2 Å². The van der Waals surface area contributed by atoms with Gasteiger partial charge in [0, 0.05) is 32.8 Å². The van der Waals surface area contributed by atoms with Gasteiger partial charge in [-0.15, -0.1) is 0 Å². The third kappa shape index (κ3) is 4.74. The Morgan fingerprint density at radius 2 is 0.896 bits per heavy atom. The van der Waals surface area contributed by atoms with Crippen LogP contribution in [0.25, 0.3) is 66.1 Å². The van der Waals surface area contributed by atoms with Crippen molar-refractivity contribution in [1.82, 2.24) is 0 Å². The SMILES string of the molecule is c1ccc(-c2ccc(-c3ccccc3N(c3ccccc3)c3cc4c(oc5cccc(-c6ccccc6)c54)c4ccccc34)cc2)cc1. The minimum absolute atomic E-state index is 0.888. The number of para-hydroxylation sites is 2. The van der Waals surface area contributed by atoms with Crippen LogP contribution in [0.3, 0.4) is 0 Å². The molecule has 48 heavy (non-hydrogen) atoms. The average Bonchev–Trinajstić information content (AvgIpc) is 3.56. The lowest BCUT2D eigenvalue weighted by molar-refractivity contribution is 0.673. The second kappa shape index (κ2) is 11.8. The molecule has 0 bridgehead atoms. The molecular weight excluding hydrogens is 583 g/mol. The topological polar surface area (TPSA) is 16.4 Å². The van der Waals surface area contributed by atoms with E-state index in [-0.39, 0.29) is 0 Å². The molecule has 0 aliphatic carbocycles. The van der Waals surface area contributed by atoms with E-state index in [9.17, 15) is 0 Å². The van der Waals surface area contributed by atoms with Gasteiger partial charge in [-0.3, -0.25) is 0 Å². The van der Waals surface area contributed by atoms with Gasteiger partial charge in [0.25, 0.3) is 0 Å². The number of hydrogen-bond acceptors (Lipinski definition) is 2. The van der Waals surface area contributed by atoms with Gasteiger partial charge in [0.05, 0.1) is 11.4 Å². The summed E-state index contributed by atoms with van der Waals surface area (Å²) in [6, 6.07) is 66.8. The normalized spacial score (nSPS) is 11.3. The van der Waals surface area contributed by atoms with Crippen molar-refractivity contribution in [2.75, 3.05) is 4.90 Å². The van der Waals surface area contributed by atoms with Crippen LogP contribution in [0.15, 0.2) is 192 Å². The first-order valence-corrected chi connectivity index (χ1v) is 16.4. The molecule has 1 heterocycles. The predicted molar refractivity (Wildman–Crippen MR) is 202 cm³/mol. The van der Waals surface area contributed by atoms with Crippen molar-refractivity contribution >= 4 is 49.8 Å². The molecule has 2 nitrogen and oxygen atoms in total. The van der Waals surface area contributed by atoms with Crippen LogP contribution in [0, 0.1) is 0 Å². The minimum atomic E-state index is 0.888. The number of rotatable bonds is 6. The van der Waals surface area contributed by atoms with Crippen LogP contribution in [-0.4, -0.2) is 0 Å². The molecule has 0 N–H and O–H groups in total. The van der Waals surface area contributed by atoms with Gasteiger partial charge in [-0.2, -0.15) is 0 Å². The number of benzene rings is 8. The summed E-state index contributed by atoms with van der Waals surface area (Å²) in [5.74, 6) is 0. The maximum atomic E-state index is 6.70. The standard InChI is InChI=1S/C46H31NO/c1-4-15-32(16-5-1)33-27-29-35(30-28-33)37-21-12-13-25-42(37)47(36-19-8-3-9-20-36)43-31-41-45-38(34-17-6-2-7-18-34)24-14-26-44(45)48-46(41)40-23-11-10-22-39(40)43/h1-31H. The molecule has 0 spiro atoms. The highest BCUT2D eigenvalue weighted by Gasteiger charge is 2.23. The molecule has 0 saturated heterocycles. The van der Waals surface area contributed by atoms with Gasteiger partial charge in [-0.05, 0) is 58.1 Å². The third-order valence-corrected chi connectivity index (χ3v) is 9.27. The fourth-order valence-corrected chi connectivity index (χ4v) is 7.04. The highest BCUT2D eigenvalue weighted by atomic mass is 16.3. The summed E-state index contributed by atoms with van der Waals surface area (Å²) in [5, 5.41) is 4.45. The lowest BCUT2D eigenvalue weighted by Gasteiger charge is -2.29. The second-order valence-corrected chi connectivity index (χ2v) is 12.1. The van der Waals surface area contributed by atoms with Gasteiger partial charge in [0.15, 0.2) is 0 Å². The predicted octanol–water partition coefficient (Wildman–Crippen LogP) is 13.2. The Morgan fingerprint density at radius 1 is 0.354 bits per heavy atom. The van der Waals surface area contributed by atoms with E-state index in [1.54, 1.807) is 0 Å². The van der Waals surface area contributed by atoms with Crippen LogP contribution >= 0.6 is 0 Å². The summed E-state index contributed by atoms with van der Waals surface area (Å²) in [6.07, 6.45) is 0. The van der Waals surface area contributed by atoms with Crippen molar-refractivity contribution < 1.29 is 4.42 Å². The summed E-state index contributed by atoms with van der Waals surface area (Å²) in [6.45, 7) is 0. The van der Waals surface area contributed by atoms with Crippen LogP contribution < -0.4 is 4.90 Å². The van der Waals surface area contributed by atoms with E-state index < -0.39 is 0 Å². The minimum Gasteiger partial charge on any atom is -0.455 e. The van der Waals surface area contributed by atoms with Crippen LogP contribution in [0.2, 0.25) is 0 Å². The van der Waals surface area contributed by atoms with Crippen molar-refractivity contribution in [3.05, 3.63) is 188 Å². The zero-order valence-electron chi connectivity index (χ0n) is 26.3. The number of anilines is 3. The number of hydrogen-bond donors (Lipinski definition) is 0. The van der Waals surface area contributed by atoms with Gasteiger partial charge in [-0.25, -0.2) is 0 Å². The molecule has 9 rings (SSSR count). The van der Waals surface area contributed by atoms with Crippen molar-refractivity contribution in [2.45, 2.75) is 0 Å². The number of furan rings is 1. The van der Waals surface area contributed by atoms with Gasteiger partial charge in [0.2, 0.25) is 0 Å². The molecule has 0 fully saturated rings. The highest BCUT2D eigenvalue weighted by Crippen LogP contribution is 2.48. The summed E-state index contributed by atoms with van der Waals surface area (Å²) < 4.78 is 6.70. The molecule has 9 aromatic rings. The first kappa shape index (κ1) is 27.9. The molecule has 0 atom stereocenters. The van der Waals surface area contributed by atoms with Gasteiger partial charge >= 0.3 is 0 Å². The molecule has 0 aliphatic rings. The second-order valence-electron chi connectivity index (χ2n) is 12.1. The maximum absolute atomic E-state index is 6.70. The fourth-order valence-electron chi connectivity index (χ4n) is 7.04. The maximum Gasteiger partial charge on any atom is 0.143 e. The number of fused-ring (bicyclic) bond motifs is 5. The largest absolute Gasteiger partial charge is 0.455 e. The van der Waals surface area contributed by atoms with E-state index in [4.69, 9.17) is 4.42 Å². The van der Waals surface area contributed by atoms with Crippen molar-refractivity contribution in [2.24, 2.45) is 0 Å². The Hall–Kier alpha value is -6.38. The van der Waals surface area contributed by atoms with Crippen LogP contribution in [0.1, 0.15) is 0 Å². The zero-order valence-corrected chi connectivity index (χ0v) is 26.3. The molecule has 0 saturated carbocycles. The Morgan fingerprint density at radius 3 is 1.65 bits per heavy atom. The molecule has 2 heteroatoms. The van der Waals surface area contributed by atoms with Crippen molar-refractivity contribution in [3.8, 4) is 33.4 Å². The van der Waals surface area contributed by atoms with E-state index in [2.05, 4.69) is 193 Å². The lowest BCUT2D eigenvalue weighted by Crippen LogP contribution is -2.11. The average molecular weight is 614 g/mol. The molecule has 226 valence electrons. The molecule has 1 aromatic heterocycles. The van der Waals surface area contributed by atoms with E-state index in [1.165, 1.54) is 22.3 Å². The Kier molecular flexibility index (Phi) is 6.84. The summed E-state index contributed by atoms with van der Waals surface area (Å²) >= 11 is 0. The summed E-state index contributed by atoms with van der Waals surface area (Å²) in [4.78, 5) is 2.41. The van der Waals surface area contributed by atoms with E-state index >= 15 is 0 Å². The highest BCUT2D eigenvalue weighted by molar-refractivity contribution is 6.22. The molecular formula is C46H31NO. The van der Waals surface area contributed by atoms with Crippen LogP contribution in [-0.2, 0) is 0 Å². The summed E-state index contributed by atoms with van der Waals surface area (Å²) in [7, 11) is 0. The lowest BCUT2D eigenvalue weighted by atomic mass is 9.96. The first-order chi connectivity index (χ1) is 23.8. The zero-order chi connectivity index (χ0) is 31.9. The van der Waals surface area contributed by atoms with Crippen LogP contribution in [0.4, 0.5) is 17.1 Å². The van der Waals surface area contributed by atoms with Crippen molar-refractivity contribution in [3.63, 3.8) is 0 Å². The summed E-state index contributed by atoms with van der Waals surface area (Å²) in [5.41, 5.74) is 12.2. The fraction of sp³-hybridized carbons (Fsp3) is 0. The van der Waals surface area contributed by atoms with E-state index in [0.717, 1.165) is 60.9 Å². The number of nitrogens with zero attached hydrogens (tertiary/aromatic N) is 1. The molecule has 8 aromatic carbocycles. The Bertz CT molecular complexity index is 2530. The quantitative estimate of drug-likeness (QED) is 0.185. The molecule has 0 unspecified atom stereocenters. The van der Waals surface area contributed by atoms with Crippen LogP contribution in [0.5, 0.6) is 0 Å².